The highest BCUT2D eigenvalue weighted by atomic mass is 32.1. The summed E-state index contributed by atoms with van der Waals surface area (Å²) in [6, 6.07) is 4.76. The van der Waals surface area contributed by atoms with Gasteiger partial charge in [-0.3, -0.25) is 0 Å². The van der Waals surface area contributed by atoms with Gasteiger partial charge in [-0.15, -0.1) is 0 Å². The van der Waals surface area contributed by atoms with Crippen LogP contribution in [0.5, 0.6) is 0 Å². The Morgan fingerprint density at radius 2 is 1.73 bits per heavy atom. The first kappa shape index (κ1) is 10.3. The fraction of sp³-hybridized carbons (Fsp3) is 0.0909. The number of aliphatic hydroxyl groups is 1. The van der Waals surface area contributed by atoms with Crippen molar-refractivity contribution in [3.8, 4) is 0 Å². The third-order valence-corrected chi connectivity index (χ3v) is 2.76. The van der Waals surface area contributed by atoms with Crippen molar-refractivity contribution in [3.63, 3.8) is 0 Å². The average molecular weight is 226 g/mol. The second-order valence-electron chi connectivity index (χ2n) is 3.16. The first-order valence-corrected chi connectivity index (χ1v) is 5.27. The molecule has 0 aliphatic carbocycles. The van der Waals surface area contributed by atoms with Gasteiger partial charge in [0.25, 0.3) is 0 Å². The van der Waals surface area contributed by atoms with Crippen LogP contribution in [-0.4, -0.2) is 5.11 Å². The summed E-state index contributed by atoms with van der Waals surface area (Å²) in [6.07, 6.45) is -0.971. The highest BCUT2D eigenvalue weighted by Gasteiger charge is 2.12. The monoisotopic (exact) mass is 226 g/mol. The molecule has 0 saturated heterocycles. The number of aliphatic hydroxyl groups excluding tert-OH is 1. The zero-order valence-electron chi connectivity index (χ0n) is 7.65. The molecule has 1 nitrogen and oxygen atoms in total. The Bertz CT molecular complexity index is 433. The molecule has 1 heterocycles. The summed E-state index contributed by atoms with van der Waals surface area (Å²) < 4.78 is 25.8. The van der Waals surface area contributed by atoms with E-state index in [0.29, 0.717) is 5.56 Å². The Morgan fingerprint density at radius 1 is 1.07 bits per heavy atom. The summed E-state index contributed by atoms with van der Waals surface area (Å²) in [5, 5.41) is 13.3. The molecule has 0 aliphatic heterocycles. The van der Waals surface area contributed by atoms with Crippen molar-refractivity contribution in [2.45, 2.75) is 6.10 Å². The van der Waals surface area contributed by atoms with E-state index in [0.717, 1.165) is 18.2 Å². The van der Waals surface area contributed by atoms with Crippen molar-refractivity contribution in [2.75, 3.05) is 0 Å². The van der Waals surface area contributed by atoms with Crippen LogP contribution in [-0.2, 0) is 0 Å². The normalized spacial score (nSPS) is 12.7. The summed E-state index contributed by atoms with van der Waals surface area (Å²) >= 11 is 1.42. The van der Waals surface area contributed by atoms with Gasteiger partial charge in [0.05, 0.1) is 0 Å². The van der Waals surface area contributed by atoms with Gasteiger partial charge in [-0.25, -0.2) is 8.78 Å². The first-order chi connectivity index (χ1) is 7.16. The molecule has 1 N–H and O–H groups in total. The van der Waals surface area contributed by atoms with Crippen LogP contribution in [0.1, 0.15) is 17.2 Å². The Hall–Kier alpha value is -1.26. The minimum Gasteiger partial charge on any atom is -0.384 e. The predicted octanol–water partition coefficient (Wildman–Crippen LogP) is 3.11. The molecule has 78 valence electrons. The van der Waals surface area contributed by atoms with E-state index in [1.54, 1.807) is 16.8 Å². The maximum Gasteiger partial charge on any atom is 0.126 e. The number of rotatable bonds is 2. The lowest BCUT2D eigenvalue weighted by Crippen LogP contribution is -1.99. The largest absolute Gasteiger partial charge is 0.384 e. The molecule has 1 aromatic heterocycles. The Morgan fingerprint density at radius 3 is 2.27 bits per heavy atom. The van der Waals surface area contributed by atoms with Crippen molar-refractivity contribution in [1.29, 1.82) is 0 Å². The fourth-order valence-electron chi connectivity index (χ4n) is 1.36. The molecular formula is C11H8F2OS. The molecule has 15 heavy (non-hydrogen) atoms. The molecule has 2 aromatic rings. The summed E-state index contributed by atoms with van der Waals surface area (Å²) in [5.74, 6) is -1.36. The number of hydrogen-bond donors (Lipinski definition) is 1. The van der Waals surface area contributed by atoms with E-state index >= 15 is 0 Å². The van der Waals surface area contributed by atoms with E-state index in [-0.39, 0.29) is 5.56 Å². The van der Waals surface area contributed by atoms with Crippen molar-refractivity contribution in [2.24, 2.45) is 0 Å². The molecule has 0 aliphatic rings. The average Bonchev–Trinajstić information content (AvgIpc) is 2.67. The van der Waals surface area contributed by atoms with Crippen LogP contribution in [0.3, 0.4) is 0 Å². The summed E-state index contributed by atoms with van der Waals surface area (Å²) in [4.78, 5) is 0. The molecule has 1 unspecified atom stereocenters. The van der Waals surface area contributed by atoms with Gasteiger partial charge in [-0.05, 0) is 40.1 Å². The highest BCUT2D eigenvalue weighted by molar-refractivity contribution is 7.07. The maximum absolute atomic E-state index is 12.9. The zero-order chi connectivity index (χ0) is 10.8. The minimum absolute atomic E-state index is 0.228. The molecule has 0 spiro atoms. The van der Waals surface area contributed by atoms with Crippen LogP contribution in [0.2, 0.25) is 0 Å². The third-order valence-electron chi connectivity index (χ3n) is 2.06. The molecule has 2 rings (SSSR count). The van der Waals surface area contributed by atoms with E-state index in [9.17, 15) is 13.9 Å². The summed E-state index contributed by atoms with van der Waals surface area (Å²) in [5.41, 5.74) is 0.871. The van der Waals surface area contributed by atoms with Crippen LogP contribution in [0, 0.1) is 11.6 Å². The Labute approximate surface area is 89.6 Å². The van der Waals surface area contributed by atoms with Crippen molar-refractivity contribution in [1.82, 2.24) is 0 Å². The molecule has 0 radical (unpaired) electrons. The predicted molar refractivity (Wildman–Crippen MR) is 54.7 cm³/mol. The highest BCUT2D eigenvalue weighted by Crippen LogP contribution is 2.24. The van der Waals surface area contributed by atoms with Gasteiger partial charge in [0.1, 0.15) is 17.7 Å². The van der Waals surface area contributed by atoms with E-state index in [2.05, 4.69) is 0 Å². The number of halogens is 2. The van der Waals surface area contributed by atoms with Crippen LogP contribution < -0.4 is 0 Å². The zero-order valence-corrected chi connectivity index (χ0v) is 8.47. The van der Waals surface area contributed by atoms with Crippen molar-refractivity contribution < 1.29 is 13.9 Å². The van der Waals surface area contributed by atoms with Gasteiger partial charge < -0.3 is 5.11 Å². The molecule has 0 saturated carbocycles. The molecule has 1 atom stereocenters. The lowest BCUT2D eigenvalue weighted by Gasteiger charge is -2.09. The Kier molecular flexibility index (Phi) is 2.79. The quantitative estimate of drug-likeness (QED) is 0.834. The maximum atomic E-state index is 12.9. The van der Waals surface area contributed by atoms with Gasteiger partial charge >= 0.3 is 0 Å². The van der Waals surface area contributed by atoms with Gasteiger partial charge in [0, 0.05) is 6.07 Å². The molecule has 1 aromatic carbocycles. The minimum atomic E-state index is -0.971. The van der Waals surface area contributed by atoms with E-state index in [4.69, 9.17) is 0 Å². The lowest BCUT2D eigenvalue weighted by molar-refractivity contribution is 0.219. The van der Waals surface area contributed by atoms with Gasteiger partial charge in [-0.2, -0.15) is 11.3 Å². The first-order valence-electron chi connectivity index (χ1n) is 4.33. The number of benzene rings is 1. The van der Waals surface area contributed by atoms with Crippen LogP contribution in [0.25, 0.3) is 0 Å². The van der Waals surface area contributed by atoms with Crippen molar-refractivity contribution in [3.05, 3.63) is 57.8 Å². The van der Waals surface area contributed by atoms with E-state index in [1.165, 1.54) is 11.3 Å². The van der Waals surface area contributed by atoms with Crippen LogP contribution in [0.4, 0.5) is 8.78 Å². The molecule has 0 fully saturated rings. The van der Waals surface area contributed by atoms with Crippen molar-refractivity contribution >= 4 is 11.3 Å². The second-order valence-corrected chi connectivity index (χ2v) is 3.94. The molecule has 4 heteroatoms. The second kappa shape index (κ2) is 4.08. The smallest absolute Gasteiger partial charge is 0.126 e. The standard InChI is InChI=1S/C11H8F2OS/c12-9-3-8(4-10(13)5-9)11(14)7-1-2-15-6-7/h1-6,11,14H. The van der Waals surface area contributed by atoms with Gasteiger partial charge in [-0.1, -0.05) is 0 Å². The van der Waals surface area contributed by atoms with E-state index < -0.39 is 17.7 Å². The van der Waals surface area contributed by atoms with Crippen LogP contribution in [0.15, 0.2) is 35.0 Å². The topological polar surface area (TPSA) is 20.2 Å². The molecular weight excluding hydrogens is 218 g/mol. The summed E-state index contributed by atoms with van der Waals surface area (Å²) in [6.45, 7) is 0. The molecule has 0 amide bonds. The van der Waals surface area contributed by atoms with Gasteiger partial charge in [0.2, 0.25) is 0 Å². The third kappa shape index (κ3) is 2.22. The SMILES string of the molecule is OC(c1ccsc1)c1cc(F)cc(F)c1. The fourth-order valence-corrected chi connectivity index (χ4v) is 2.03. The summed E-state index contributed by atoms with van der Waals surface area (Å²) in [7, 11) is 0. The molecule has 0 bridgehead atoms. The van der Waals surface area contributed by atoms with E-state index in [1.807, 2.05) is 0 Å². The number of hydrogen-bond acceptors (Lipinski definition) is 2. The Balaban J connectivity index is 2.37. The van der Waals surface area contributed by atoms with Crippen LogP contribution >= 0.6 is 11.3 Å². The number of thiophene rings is 1. The lowest BCUT2D eigenvalue weighted by atomic mass is 10.0. The van der Waals surface area contributed by atoms with Gasteiger partial charge in [0.15, 0.2) is 0 Å².